The lowest BCUT2D eigenvalue weighted by Crippen LogP contribution is -2.36. The molecule has 0 amide bonds. The predicted octanol–water partition coefficient (Wildman–Crippen LogP) is 2.21. The SMILES string of the molecule is Nc1nc(Nc2ccc(N3CCOCC3)cc2)nn1-c1ccnc(N2CCCCC2)n1. The number of nitrogens with two attached hydrogens (primary N) is 1. The first-order valence-electron chi connectivity index (χ1n) is 10.8. The highest BCUT2D eigenvalue weighted by atomic mass is 16.5. The van der Waals surface area contributed by atoms with Crippen molar-refractivity contribution < 1.29 is 4.74 Å². The molecule has 2 saturated heterocycles. The Morgan fingerprint density at radius 2 is 1.65 bits per heavy atom. The molecule has 0 spiro atoms. The fraction of sp³-hybridized carbons (Fsp3) is 0.429. The minimum absolute atomic E-state index is 0.274. The van der Waals surface area contributed by atoms with Gasteiger partial charge in [-0.05, 0) is 43.5 Å². The summed E-state index contributed by atoms with van der Waals surface area (Å²) in [6.45, 7) is 5.31. The van der Waals surface area contributed by atoms with Gasteiger partial charge >= 0.3 is 0 Å². The van der Waals surface area contributed by atoms with Crippen LogP contribution in [0.15, 0.2) is 36.5 Å². The Balaban J connectivity index is 1.30. The summed E-state index contributed by atoms with van der Waals surface area (Å²) in [4.78, 5) is 18.0. The molecular formula is C21H27N9O. The first kappa shape index (κ1) is 19.6. The fourth-order valence-electron chi connectivity index (χ4n) is 3.96. The van der Waals surface area contributed by atoms with Gasteiger partial charge < -0.3 is 25.6 Å². The summed E-state index contributed by atoms with van der Waals surface area (Å²) in [6.07, 6.45) is 5.33. The van der Waals surface area contributed by atoms with E-state index >= 15 is 0 Å². The largest absolute Gasteiger partial charge is 0.378 e. The lowest BCUT2D eigenvalue weighted by Gasteiger charge is -2.28. The number of nitrogens with zero attached hydrogens (tertiary/aromatic N) is 7. The molecule has 0 atom stereocenters. The fourth-order valence-corrected chi connectivity index (χ4v) is 3.96. The molecule has 2 aliphatic heterocycles. The number of hydrogen-bond donors (Lipinski definition) is 2. The average Bonchev–Trinajstić information content (AvgIpc) is 3.20. The van der Waals surface area contributed by atoms with Gasteiger partial charge in [-0.15, -0.1) is 5.10 Å². The Hall–Kier alpha value is -3.40. The van der Waals surface area contributed by atoms with Crippen LogP contribution in [0.1, 0.15) is 19.3 Å². The van der Waals surface area contributed by atoms with Crippen LogP contribution in [-0.4, -0.2) is 64.1 Å². The van der Waals surface area contributed by atoms with Gasteiger partial charge in [-0.2, -0.15) is 14.6 Å². The summed E-state index contributed by atoms with van der Waals surface area (Å²) in [5, 5.41) is 7.73. The van der Waals surface area contributed by atoms with Crippen molar-refractivity contribution in [1.82, 2.24) is 24.7 Å². The number of rotatable bonds is 5. The maximum absolute atomic E-state index is 6.13. The Kier molecular flexibility index (Phi) is 5.53. The maximum atomic E-state index is 6.13. The summed E-state index contributed by atoms with van der Waals surface area (Å²) >= 11 is 0. The van der Waals surface area contributed by atoms with Gasteiger partial charge in [0.05, 0.1) is 13.2 Å². The van der Waals surface area contributed by atoms with Crippen LogP contribution in [0.2, 0.25) is 0 Å². The number of nitrogen functional groups attached to an aromatic ring is 1. The molecule has 2 aliphatic rings. The molecule has 0 radical (unpaired) electrons. The summed E-state index contributed by atoms with van der Waals surface area (Å²) in [6, 6.07) is 9.99. The minimum atomic E-state index is 0.274. The molecule has 162 valence electrons. The van der Waals surface area contributed by atoms with Crippen molar-refractivity contribution in [2.45, 2.75) is 19.3 Å². The molecule has 10 heteroatoms. The quantitative estimate of drug-likeness (QED) is 0.640. The molecule has 2 aromatic heterocycles. The summed E-state index contributed by atoms with van der Waals surface area (Å²) in [7, 11) is 0. The number of morpholine rings is 1. The third-order valence-corrected chi connectivity index (χ3v) is 5.62. The summed E-state index contributed by atoms with van der Waals surface area (Å²) < 4.78 is 6.96. The Morgan fingerprint density at radius 1 is 0.871 bits per heavy atom. The van der Waals surface area contributed by atoms with Crippen molar-refractivity contribution in [3.05, 3.63) is 36.5 Å². The van der Waals surface area contributed by atoms with Crippen LogP contribution in [-0.2, 0) is 4.74 Å². The first-order chi connectivity index (χ1) is 15.3. The second kappa shape index (κ2) is 8.76. The Labute approximate surface area is 181 Å². The van der Waals surface area contributed by atoms with Crippen LogP contribution in [0.3, 0.4) is 0 Å². The standard InChI is InChI=1S/C21H27N9O/c22-19-26-20(24-16-4-6-17(7-5-16)28-12-14-31-15-13-28)27-30(19)18-8-9-23-21(25-18)29-10-2-1-3-11-29/h4-9H,1-3,10-15H2,(H3,22,24,26,27). The number of hydrogen-bond acceptors (Lipinski definition) is 9. The number of nitrogens with one attached hydrogen (secondary N) is 1. The molecule has 3 N–H and O–H groups in total. The van der Waals surface area contributed by atoms with Crippen LogP contribution >= 0.6 is 0 Å². The number of anilines is 5. The Bertz CT molecular complexity index is 1010. The smallest absolute Gasteiger partial charge is 0.248 e. The average molecular weight is 422 g/mol. The van der Waals surface area contributed by atoms with Crippen LogP contribution in [0.25, 0.3) is 5.82 Å². The minimum Gasteiger partial charge on any atom is -0.378 e. The van der Waals surface area contributed by atoms with Gasteiger partial charge in [-0.1, -0.05) is 0 Å². The highest BCUT2D eigenvalue weighted by Crippen LogP contribution is 2.22. The zero-order chi connectivity index (χ0) is 21.0. The zero-order valence-electron chi connectivity index (χ0n) is 17.4. The van der Waals surface area contributed by atoms with E-state index in [1.807, 2.05) is 12.1 Å². The molecule has 2 fully saturated rings. The Morgan fingerprint density at radius 3 is 2.42 bits per heavy atom. The van der Waals surface area contributed by atoms with E-state index < -0.39 is 0 Å². The normalized spacial score (nSPS) is 17.0. The number of benzene rings is 1. The van der Waals surface area contributed by atoms with E-state index in [1.165, 1.54) is 12.1 Å². The van der Waals surface area contributed by atoms with Crippen molar-refractivity contribution in [3.8, 4) is 5.82 Å². The lowest BCUT2D eigenvalue weighted by molar-refractivity contribution is 0.122. The molecule has 1 aromatic carbocycles. The van der Waals surface area contributed by atoms with Gasteiger partial charge in [-0.3, -0.25) is 0 Å². The van der Waals surface area contributed by atoms with Crippen LogP contribution < -0.4 is 20.9 Å². The van der Waals surface area contributed by atoms with Crippen molar-refractivity contribution in [1.29, 1.82) is 0 Å². The van der Waals surface area contributed by atoms with Crippen molar-refractivity contribution in [2.24, 2.45) is 0 Å². The van der Waals surface area contributed by atoms with Gasteiger partial charge in [0, 0.05) is 49.8 Å². The first-order valence-corrected chi connectivity index (χ1v) is 10.8. The number of aromatic nitrogens is 5. The molecule has 3 aromatic rings. The number of piperidine rings is 1. The van der Waals surface area contributed by atoms with Crippen molar-refractivity contribution in [3.63, 3.8) is 0 Å². The molecular weight excluding hydrogens is 394 g/mol. The zero-order valence-corrected chi connectivity index (χ0v) is 17.4. The second-order valence-electron chi connectivity index (χ2n) is 7.74. The molecule has 31 heavy (non-hydrogen) atoms. The van der Waals surface area contributed by atoms with Gasteiger partial charge in [-0.25, -0.2) is 4.98 Å². The van der Waals surface area contributed by atoms with E-state index in [0.29, 0.717) is 17.7 Å². The van der Waals surface area contributed by atoms with Gasteiger partial charge in [0.25, 0.3) is 0 Å². The number of ether oxygens (including phenoxy) is 1. The monoisotopic (exact) mass is 421 g/mol. The van der Waals surface area contributed by atoms with Gasteiger partial charge in [0.2, 0.25) is 17.8 Å². The van der Waals surface area contributed by atoms with E-state index in [2.05, 4.69) is 47.3 Å². The van der Waals surface area contributed by atoms with Crippen LogP contribution in [0.5, 0.6) is 0 Å². The predicted molar refractivity (Wildman–Crippen MR) is 120 cm³/mol. The van der Waals surface area contributed by atoms with E-state index in [4.69, 9.17) is 10.5 Å². The van der Waals surface area contributed by atoms with Crippen LogP contribution in [0, 0.1) is 0 Å². The van der Waals surface area contributed by atoms with Gasteiger partial charge in [0.1, 0.15) is 0 Å². The lowest BCUT2D eigenvalue weighted by atomic mass is 10.1. The van der Waals surface area contributed by atoms with Crippen molar-refractivity contribution >= 4 is 29.2 Å². The molecule has 5 rings (SSSR count). The van der Waals surface area contributed by atoms with E-state index in [-0.39, 0.29) is 5.95 Å². The highest BCUT2D eigenvalue weighted by molar-refractivity contribution is 5.60. The van der Waals surface area contributed by atoms with E-state index in [0.717, 1.165) is 57.9 Å². The third kappa shape index (κ3) is 4.38. The molecule has 0 unspecified atom stereocenters. The topological polar surface area (TPSA) is 110 Å². The maximum Gasteiger partial charge on any atom is 0.248 e. The second-order valence-corrected chi connectivity index (χ2v) is 7.74. The summed E-state index contributed by atoms with van der Waals surface area (Å²) in [5.74, 6) is 2.02. The summed E-state index contributed by atoms with van der Waals surface area (Å²) in [5.41, 5.74) is 8.21. The molecule has 0 bridgehead atoms. The molecule has 0 aliphatic carbocycles. The van der Waals surface area contributed by atoms with Crippen molar-refractivity contribution in [2.75, 3.05) is 60.2 Å². The molecule has 10 nitrogen and oxygen atoms in total. The van der Waals surface area contributed by atoms with Crippen LogP contribution in [0.4, 0.5) is 29.2 Å². The molecule has 4 heterocycles. The van der Waals surface area contributed by atoms with E-state index in [9.17, 15) is 0 Å². The molecule has 0 saturated carbocycles. The highest BCUT2D eigenvalue weighted by Gasteiger charge is 2.16. The third-order valence-electron chi connectivity index (χ3n) is 5.62. The van der Waals surface area contributed by atoms with E-state index in [1.54, 1.807) is 16.9 Å². The van der Waals surface area contributed by atoms with Gasteiger partial charge in [0.15, 0.2) is 5.82 Å².